The number of aliphatic imine (C=N–C) groups is 1. The number of nitrogens with one attached hydrogen (secondary N) is 1. The van der Waals surface area contributed by atoms with Crippen molar-refractivity contribution in [3.05, 3.63) is 42.6 Å². The second-order valence-electron chi connectivity index (χ2n) is 3.53. The lowest BCUT2D eigenvalue weighted by Gasteiger charge is -1.91. The van der Waals surface area contributed by atoms with Gasteiger partial charge in [0.1, 0.15) is 0 Å². The van der Waals surface area contributed by atoms with Crippen LogP contribution >= 0.6 is 0 Å². The molecule has 4 N–H and O–H groups in total. The summed E-state index contributed by atoms with van der Waals surface area (Å²) < 4.78 is 0. The molecule has 2 heterocycles. The predicted molar refractivity (Wildman–Crippen MR) is 75.5 cm³/mol. The van der Waals surface area contributed by atoms with Crippen LogP contribution in [-0.4, -0.2) is 46.8 Å². The number of hydrogen-bond acceptors (Lipinski definition) is 6. The lowest BCUT2D eigenvalue weighted by atomic mass is 10.2. The molecule has 0 bridgehead atoms. The zero-order chi connectivity index (χ0) is 13.9. The van der Waals surface area contributed by atoms with Crippen molar-refractivity contribution in [1.29, 1.82) is 0 Å². The van der Waals surface area contributed by atoms with Crippen LogP contribution in [0.2, 0.25) is 0 Å². The van der Waals surface area contributed by atoms with E-state index in [1.165, 1.54) is 5.39 Å². The lowest BCUT2D eigenvalue weighted by Crippen LogP contribution is -2.07. The topological polar surface area (TPSA) is 98.0 Å². The fourth-order valence-electron chi connectivity index (χ4n) is 1.34. The van der Waals surface area contributed by atoms with Crippen LogP contribution in [0.15, 0.2) is 47.6 Å². The van der Waals surface area contributed by atoms with E-state index in [0.29, 0.717) is 0 Å². The average Bonchev–Trinajstić information content (AvgIpc) is 2.97. The first kappa shape index (κ1) is 15.1. The van der Waals surface area contributed by atoms with Gasteiger partial charge in [0, 0.05) is 18.1 Å². The fraction of sp³-hybridized carbons (Fsp3) is 0.167. The van der Waals surface area contributed by atoms with Crippen LogP contribution < -0.4 is 5.32 Å². The van der Waals surface area contributed by atoms with Crippen molar-refractivity contribution >= 4 is 24.6 Å². The molecule has 0 radical (unpaired) electrons. The zero-order valence-electron chi connectivity index (χ0n) is 10.3. The Bertz CT molecular complexity index is 434. The van der Waals surface area contributed by atoms with Gasteiger partial charge in [0.2, 0.25) is 0 Å². The number of rotatable bonds is 0. The zero-order valence-corrected chi connectivity index (χ0v) is 10.3. The Hall–Kier alpha value is -1.96. The molecule has 0 aliphatic carbocycles. The Labute approximate surface area is 111 Å². The van der Waals surface area contributed by atoms with Gasteiger partial charge in [-0.05, 0) is 12.1 Å². The van der Waals surface area contributed by atoms with Crippen molar-refractivity contribution < 1.29 is 15.1 Å². The lowest BCUT2D eigenvalue weighted by molar-refractivity contribution is 0.278. The van der Waals surface area contributed by atoms with Gasteiger partial charge in [-0.15, -0.1) is 0 Å². The third kappa shape index (κ3) is 7.15. The van der Waals surface area contributed by atoms with Crippen LogP contribution in [0.3, 0.4) is 0 Å². The molecule has 0 atom stereocenters. The summed E-state index contributed by atoms with van der Waals surface area (Å²) in [6, 6.07) is 12.1. The number of hydrogen-bond donors (Lipinski definition) is 4. The summed E-state index contributed by atoms with van der Waals surface area (Å²) in [4.78, 5) is 8.03. The smallest absolute Gasteiger partial charge is 0.402 e. The second-order valence-corrected chi connectivity index (χ2v) is 3.53. The van der Waals surface area contributed by atoms with Crippen molar-refractivity contribution in [1.82, 2.24) is 10.3 Å². The molecule has 6 nitrogen and oxygen atoms in total. The first-order chi connectivity index (χ1) is 9.20. The number of aromatic nitrogens is 1. The van der Waals surface area contributed by atoms with Gasteiger partial charge in [-0.1, -0.05) is 24.3 Å². The van der Waals surface area contributed by atoms with Crippen LogP contribution in [0.1, 0.15) is 0 Å². The summed E-state index contributed by atoms with van der Waals surface area (Å²) in [6.45, 7) is 1.99. The highest BCUT2D eigenvalue weighted by Gasteiger charge is 1.92. The largest absolute Gasteiger partial charge is 0.631 e. The summed E-state index contributed by atoms with van der Waals surface area (Å²) in [6.07, 6.45) is 3.54. The Morgan fingerprint density at radius 3 is 2.26 bits per heavy atom. The highest BCUT2D eigenvalue weighted by Crippen LogP contribution is 2.07. The second kappa shape index (κ2) is 9.04. The number of pyridine rings is 1. The quantitative estimate of drug-likeness (QED) is 0.492. The van der Waals surface area contributed by atoms with E-state index >= 15 is 0 Å². The Morgan fingerprint density at radius 1 is 1.05 bits per heavy atom. The van der Waals surface area contributed by atoms with E-state index in [1.54, 1.807) is 6.34 Å². The highest BCUT2D eigenvalue weighted by molar-refractivity contribution is 6.30. The van der Waals surface area contributed by atoms with Gasteiger partial charge in [0.05, 0.1) is 18.4 Å². The molecule has 100 valence electrons. The van der Waals surface area contributed by atoms with Crippen LogP contribution in [0, 0.1) is 0 Å². The molecular weight excluding hydrogens is 245 g/mol. The molecule has 19 heavy (non-hydrogen) atoms. The minimum absolute atomic E-state index is 0.958. The molecular formula is C12H16BN3O3. The number of fused-ring (bicyclic) bond motifs is 1. The van der Waals surface area contributed by atoms with Crippen molar-refractivity contribution in [3.8, 4) is 0 Å². The van der Waals surface area contributed by atoms with Crippen LogP contribution in [0.5, 0.6) is 0 Å². The van der Waals surface area contributed by atoms with Gasteiger partial charge < -0.3 is 20.4 Å². The van der Waals surface area contributed by atoms with Crippen molar-refractivity contribution in [3.63, 3.8) is 0 Å². The van der Waals surface area contributed by atoms with Gasteiger partial charge >= 0.3 is 7.32 Å². The van der Waals surface area contributed by atoms with E-state index in [9.17, 15) is 0 Å². The standard InChI is InChI=1S/C9H7N.C3H6N2.BH3O3/c1-2-6-9-8(4-1)5-3-7-10-9;1-2-5-3-4-1;2-1(3)4/h1-7H;3H,1-2H2,(H,4,5);2-4H. The van der Waals surface area contributed by atoms with E-state index in [-0.39, 0.29) is 0 Å². The monoisotopic (exact) mass is 261 g/mol. The maximum atomic E-state index is 7.17. The normalized spacial score (nSPS) is 11.7. The first-order valence-electron chi connectivity index (χ1n) is 5.76. The molecule has 1 aromatic carbocycles. The Balaban J connectivity index is 0.000000169. The molecule has 0 spiro atoms. The van der Waals surface area contributed by atoms with Gasteiger partial charge in [0.25, 0.3) is 0 Å². The summed E-state index contributed by atoms with van der Waals surface area (Å²) in [7, 11) is -2.17. The van der Waals surface area contributed by atoms with Gasteiger partial charge in [0.15, 0.2) is 0 Å². The Kier molecular flexibility index (Phi) is 7.19. The minimum Gasteiger partial charge on any atom is -0.402 e. The molecule has 1 aliphatic heterocycles. The molecule has 1 aliphatic rings. The third-order valence-corrected chi connectivity index (χ3v) is 2.08. The van der Waals surface area contributed by atoms with Crippen LogP contribution in [0.4, 0.5) is 0 Å². The SMILES string of the molecule is C1=NCCN1.OB(O)O.c1ccc2ncccc2c1. The van der Waals surface area contributed by atoms with Gasteiger partial charge in [-0.3, -0.25) is 9.98 Å². The van der Waals surface area contributed by atoms with E-state index < -0.39 is 7.32 Å². The fourth-order valence-corrected chi connectivity index (χ4v) is 1.34. The maximum Gasteiger partial charge on any atom is 0.631 e. The summed E-state index contributed by atoms with van der Waals surface area (Å²) >= 11 is 0. The van der Waals surface area contributed by atoms with Crippen molar-refractivity contribution in [2.75, 3.05) is 13.1 Å². The molecule has 3 rings (SSSR count). The Morgan fingerprint density at radius 2 is 1.74 bits per heavy atom. The first-order valence-corrected chi connectivity index (χ1v) is 5.76. The number of para-hydroxylation sites is 1. The molecule has 7 heteroatoms. The summed E-state index contributed by atoms with van der Waals surface area (Å²) in [5, 5.41) is 25.6. The maximum absolute atomic E-state index is 7.17. The summed E-state index contributed by atoms with van der Waals surface area (Å²) in [5.41, 5.74) is 1.06. The van der Waals surface area contributed by atoms with Crippen LogP contribution in [-0.2, 0) is 0 Å². The molecule has 2 aromatic rings. The molecule has 0 fully saturated rings. The summed E-state index contributed by atoms with van der Waals surface area (Å²) in [5.74, 6) is 0. The van der Waals surface area contributed by atoms with Gasteiger partial charge in [-0.25, -0.2) is 0 Å². The molecule has 0 unspecified atom stereocenters. The molecule has 0 saturated heterocycles. The van der Waals surface area contributed by atoms with E-state index in [2.05, 4.69) is 27.4 Å². The highest BCUT2D eigenvalue weighted by atomic mass is 16.5. The third-order valence-electron chi connectivity index (χ3n) is 2.08. The number of benzene rings is 1. The molecule has 1 aromatic heterocycles. The molecule has 0 amide bonds. The van der Waals surface area contributed by atoms with Gasteiger partial charge in [-0.2, -0.15) is 0 Å². The van der Waals surface area contributed by atoms with E-state index in [0.717, 1.165) is 18.6 Å². The van der Waals surface area contributed by atoms with Crippen molar-refractivity contribution in [2.45, 2.75) is 0 Å². The average molecular weight is 261 g/mol. The van der Waals surface area contributed by atoms with Crippen LogP contribution in [0.25, 0.3) is 10.9 Å². The van der Waals surface area contributed by atoms with Crippen molar-refractivity contribution in [2.24, 2.45) is 4.99 Å². The molecule has 0 saturated carbocycles. The number of nitrogens with zero attached hydrogens (tertiary/aromatic N) is 2. The van der Waals surface area contributed by atoms with E-state index in [4.69, 9.17) is 15.1 Å². The predicted octanol–water partition coefficient (Wildman–Crippen LogP) is -0.199. The minimum atomic E-state index is -2.17. The van der Waals surface area contributed by atoms with E-state index in [1.807, 2.05) is 30.5 Å².